The molecule has 17 heavy (non-hydrogen) atoms. The molecule has 1 aliphatic rings. The molecule has 1 saturated heterocycles. The van der Waals surface area contributed by atoms with E-state index < -0.39 is 0 Å². The SMILES string of the molecule is CCOC(CN1CC(C)N(C)C(C)C1)OCC. The summed E-state index contributed by atoms with van der Waals surface area (Å²) in [6.45, 7) is 13.1. The summed E-state index contributed by atoms with van der Waals surface area (Å²) in [7, 11) is 2.20. The van der Waals surface area contributed by atoms with Crippen LogP contribution in [0.5, 0.6) is 0 Å². The van der Waals surface area contributed by atoms with Gasteiger partial charge >= 0.3 is 0 Å². The lowest BCUT2D eigenvalue weighted by Gasteiger charge is -2.43. The highest BCUT2D eigenvalue weighted by atomic mass is 16.7. The Morgan fingerprint density at radius 3 is 1.94 bits per heavy atom. The van der Waals surface area contributed by atoms with E-state index in [9.17, 15) is 0 Å². The standard InChI is InChI=1S/C13H28N2O2/c1-6-16-13(17-7-2)10-15-8-11(3)14(5)12(4)9-15/h11-13H,6-10H2,1-5H3. The third kappa shape index (κ3) is 4.54. The van der Waals surface area contributed by atoms with Crippen LogP contribution >= 0.6 is 0 Å². The van der Waals surface area contributed by atoms with Gasteiger partial charge in [0.2, 0.25) is 0 Å². The number of ether oxygens (including phenoxy) is 2. The van der Waals surface area contributed by atoms with Crippen LogP contribution in [0.3, 0.4) is 0 Å². The Balaban J connectivity index is 2.44. The highest BCUT2D eigenvalue weighted by molar-refractivity contribution is 4.82. The molecule has 0 aromatic rings. The van der Waals surface area contributed by atoms with E-state index in [4.69, 9.17) is 9.47 Å². The zero-order chi connectivity index (χ0) is 12.8. The number of hydrogen-bond donors (Lipinski definition) is 0. The van der Waals surface area contributed by atoms with Crippen molar-refractivity contribution in [1.29, 1.82) is 0 Å². The molecule has 102 valence electrons. The molecule has 0 spiro atoms. The van der Waals surface area contributed by atoms with Crippen molar-refractivity contribution in [3.63, 3.8) is 0 Å². The molecule has 0 saturated carbocycles. The number of piperazine rings is 1. The maximum Gasteiger partial charge on any atom is 0.170 e. The highest BCUT2D eigenvalue weighted by Gasteiger charge is 2.28. The van der Waals surface area contributed by atoms with Crippen molar-refractivity contribution in [2.45, 2.75) is 46.1 Å². The predicted octanol–water partition coefficient (Wildman–Crippen LogP) is 1.41. The van der Waals surface area contributed by atoms with Gasteiger partial charge in [-0.2, -0.15) is 0 Å². The van der Waals surface area contributed by atoms with Crippen molar-refractivity contribution in [3.8, 4) is 0 Å². The minimum atomic E-state index is -0.0761. The average Bonchev–Trinajstić information content (AvgIpc) is 2.26. The molecule has 1 fully saturated rings. The van der Waals surface area contributed by atoms with Gasteiger partial charge in [-0.3, -0.25) is 9.80 Å². The molecule has 0 aromatic carbocycles. The van der Waals surface area contributed by atoms with Gasteiger partial charge in [0.25, 0.3) is 0 Å². The van der Waals surface area contributed by atoms with Gasteiger partial charge < -0.3 is 9.47 Å². The maximum atomic E-state index is 5.60. The monoisotopic (exact) mass is 244 g/mol. The van der Waals surface area contributed by atoms with Gasteiger partial charge in [-0.25, -0.2) is 0 Å². The number of rotatable bonds is 6. The topological polar surface area (TPSA) is 24.9 Å². The van der Waals surface area contributed by atoms with Crippen molar-refractivity contribution in [2.75, 3.05) is 39.9 Å². The fourth-order valence-electron chi connectivity index (χ4n) is 2.40. The molecule has 1 rings (SSSR count). The third-order valence-electron chi connectivity index (χ3n) is 3.55. The summed E-state index contributed by atoms with van der Waals surface area (Å²) in [6.07, 6.45) is -0.0761. The summed E-state index contributed by atoms with van der Waals surface area (Å²) in [5, 5.41) is 0. The molecule has 4 heteroatoms. The van der Waals surface area contributed by atoms with Gasteiger partial charge in [0, 0.05) is 44.9 Å². The van der Waals surface area contributed by atoms with E-state index in [2.05, 4.69) is 30.7 Å². The van der Waals surface area contributed by atoms with Gasteiger partial charge in [0.1, 0.15) is 0 Å². The van der Waals surface area contributed by atoms with Crippen LogP contribution in [0.15, 0.2) is 0 Å². The van der Waals surface area contributed by atoms with Crippen LogP contribution in [-0.4, -0.2) is 68.1 Å². The first-order valence-corrected chi connectivity index (χ1v) is 6.75. The Kier molecular flexibility index (Phi) is 6.41. The lowest BCUT2D eigenvalue weighted by Crippen LogP contribution is -2.56. The zero-order valence-corrected chi connectivity index (χ0v) is 12.0. The van der Waals surface area contributed by atoms with Crippen LogP contribution in [0.2, 0.25) is 0 Å². The van der Waals surface area contributed by atoms with E-state index in [1.165, 1.54) is 0 Å². The van der Waals surface area contributed by atoms with E-state index in [-0.39, 0.29) is 6.29 Å². The first kappa shape index (κ1) is 14.9. The smallest absolute Gasteiger partial charge is 0.170 e. The number of nitrogens with zero attached hydrogens (tertiary/aromatic N) is 2. The van der Waals surface area contributed by atoms with Crippen molar-refractivity contribution in [1.82, 2.24) is 9.80 Å². The summed E-state index contributed by atoms with van der Waals surface area (Å²) >= 11 is 0. The minimum Gasteiger partial charge on any atom is -0.352 e. The molecular weight excluding hydrogens is 216 g/mol. The molecule has 4 nitrogen and oxygen atoms in total. The quantitative estimate of drug-likeness (QED) is 0.660. The van der Waals surface area contributed by atoms with Crippen LogP contribution < -0.4 is 0 Å². The summed E-state index contributed by atoms with van der Waals surface area (Å²) in [6, 6.07) is 1.20. The molecule has 0 bridgehead atoms. The summed E-state index contributed by atoms with van der Waals surface area (Å²) in [5.74, 6) is 0. The average molecular weight is 244 g/mol. The second kappa shape index (κ2) is 7.31. The van der Waals surface area contributed by atoms with Crippen molar-refractivity contribution in [2.24, 2.45) is 0 Å². The van der Waals surface area contributed by atoms with E-state index in [1.54, 1.807) is 0 Å². The normalized spacial score (nSPS) is 27.9. The van der Waals surface area contributed by atoms with Crippen LogP contribution in [-0.2, 0) is 9.47 Å². The molecule has 0 N–H and O–H groups in total. The van der Waals surface area contributed by atoms with Crippen LogP contribution in [0.25, 0.3) is 0 Å². The summed E-state index contributed by atoms with van der Waals surface area (Å²) in [4.78, 5) is 4.89. The van der Waals surface area contributed by atoms with Gasteiger partial charge in [0.05, 0.1) is 0 Å². The predicted molar refractivity (Wildman–Crippen MR) is 70.2 cm³/mol. The lowest BCUT2D eigenvalue weighted by atomic mass is 10.1. The van der Waals surface area contributed by atoms with Crippen LogP contribution in [0.4, 0.5) is 0 Å². The van der Waals surface area contributed by atoms with Crippen molar-refractivity contribution in [3.05, 3.63) is 0 Å². The zero-order valence-electron chi connectivity index (χ0n) is 12.0. The molecule has 2 atom stereocenters. The fourth-order valence-corrected chi connectivity index (χ4v) is 2.40. The Bertz CT molecular complexity index is 196. The number of likely N-dealkylation sites (N-methyl/N-ethyl adjacent to an activating group) is 1. The molecular formula is C13H28N2O2. The molecule has 0 aromatic heterocycles. The van der Waals surface area contributed by atoms with Gasteiger partial charge in [0.15, 0.2) is 6.29 Å². The van der Waals surface area contributed by atoms with Crippen molar-refractivity contribution < 1.29 is 9.47 Å². The van der Waals surface area contributed by atoms with E-state index in [1.807, 2.05) is 13.8 Å². The van der Waals surface area contributed by atoms with E-state index in [0.717, 1.165) is 19.6 Å². The molecule has 0 amide bonds. The maximum absolute atomic E-state index is 5.60. The second-order valence-corrected chi connectivity index (χ2v) is 4.92. The van der Waals surface area contributed by atoms with Gasteiger partial charge in [-0.05, 0) is 34.7 Å². The highest BCUT2D eigenvalue weighted by Crippen LogP contribution is 2.14. The molecule has 2 unspecified atom stereocenters. The van der Waals surface area contributed by atoms with Crippen LogP contribution in [0.1, 0.15) is 27.7 Å². The Hall–Kier alpha value is -0.160. The second-order valence-electron chi connectivity index (χ2n) is 4.92. The van der Waals surface area contributed by atoms with E-state index >= 15 is 0 Å². The first-order chi connectivity index (χ1) is 8.08. The Morgan fingerprint density at radius 1 is 1.06 bits per heavy atom. The third-order valence-corrected chi connectivity index (χ3v) is 3.55. The summed E-state index contributed by atoms with van der Waals surface area (Å²) in [5.41, 5.74) is 0. The summed E-state index contributed by atoms with van der Waals surface area (Å²) < 4.78 is 11.2. The molecule has 0 radical (unpaired) electrons. The first-order valence-electron chi connectivity index (χ1n) is 6.75. The minimum absolute atomic E-state index is 0.0761. The lowest BCUT2D eigenvalue weighted by molar-refractivity contribution is -0.152. The Labute approximate surface area is 106 Å². The molecule has 0 aliphatic carbocycles. The van der Waals surface area contributed by atoms with Crippen LogP contribution in [0, 0.1) is 0 Å². The van der Waals surface area contributed by atoms with E-state index in [0.29, 0.717) is 25.3 Å². The van der Waals surface area contributed by atoms with Crippen molar-refractivity contribution >= 4 is 0 Å². The van der Waals surface area contributed by atoms with Gasteiger partial charge in [-0.15, -0.1) is 0 Å². The fraction of sp³-hybridized carbons (Fsp3) is 1.00. The molecule has 1 heterocycles. The van der Waals surface area contributed by atoms with Gasteiger partial charge in [-0.1, -0.05) is 0 Å². The largest absolute Gasteiger partial charge is 0.352 e. The number of hydrogen-bond acceptors (Lipinski definition) is 4. The molecule has 1 aliphatic heterocycles. The Morgan fingerprint density at radius 2 is 1.53 bits per heavy atom.